The van der Waals surface area contributed by atoms with Gasteiger partial charge in [0.15, 0.2) is 5.76 Å². The molecule has 0 aliphatic heterocycles. The summed E-state index contributed by atoms with van der Waals surface area (Å²) in [5.74, 6) is -0.539. The van der Waals surface area contributed by atoms with Gasteiger partial charge in [-0.1, -0.05) is 30.3 Å². The average Bonchev–Trinajstić information content (AvgIpc) is 3.30. The molecule has 2 aromatic carbocycles. The minimum atomic E-state index is -0.748. The molecule has 0 fully saturated rings. The fourth-order valence-corrected chi connectivity index (χ4v) is 3.51. The van der Waals surface area contributed by atoms with Crippen LogP contribution in [0.4, 0.5) is 11.4 Å². The lowest BCUT2D eigenvalue weighted by Crippen LogP contribution is -2.45. The van der Waals surface area contributed by atoms with Gasteiger partial charge in [0.25, 0.3) is 5.91 Å². The summed E-state index contributed by atoms with van der Waals surface area (Å²) in [6, 6.07) is 20.2. The number of hydrogen-bond donors (Lipinski definition) is 2. The van der Waals surface area contributed by atoms with Gasteiger partial charge in [-0.2, -0.15) is 0 Å². The van der Waals surface area contributed by atoms with E-state index in [4.69, 9.17) is 4.42 Å². The highest BCUT2D eigenvalue weighted by molar-refractivity contribution is 6.00. The minimum Gasteiger partial charge on any atom is -0.459 e. The Labute approximate surface area is 183 Å². The van der Waals surface area contributed by atoms with E-state index in [-0.39, 0.29) is 11.7 Å². The summed E-state index contributed by atoms with van der Waals surface area (Å²) in [7, 11) is 0. The van der Waals surface area contributed by atoms with E-state index in [0.29, 0.717) is 18.2 Å². The molecular formula is C25H29N3O3. The van der Waals surface area contributed by atoms with Crippen LogP contribution in [0.5, 0.6) is 0 Å². The van der Waals surface area contributed by atoms with Crippen LogP contribution in [0.15, 0.2) is 77.4 Å². The molecule has 0 saturated carbocycles. The molecule has 0 aliphatic carbocycles. The van der Waals surface area contributed by atoms with E-state index in [1.807, 2.05) is 54.6 Å². The van der Waals surface area contributed by atoms with E-state index in [1.54, 1.807) is 12.1 Å². The molecule has 0 saturated heterocycles. The predicted octanol–water partition coefficient (Wildman–Crippen LogP) is 4.49. The van der Waals surface area contributed by atoms with Gasteiger partial charge < -0.3 is 20.0 Å². The smallest absolute Gasteiger partial charge is 0.287 e. The highest BCUT2D eigenvalue weighted by Gasteiger charge is 2.23. The molecule has 0 spiro atoms. The van der Waals surface area contributed by atoms with Gasteiger partial charge in [0.05, 0.1) is 6.26 Å². The van der Waals surface area contributed by atoms with Crippen LogP contribution < -0.4 is 15.5 Å². The second-order valence-corrected chi connectivity index (χ2v) is 7.61. The minimum absolute atomic E-state index is 0.170. The zero-order valence-corrected chi connectivity index (χ0v) is 18.2. The average molecular weight is 420 g/mol. The first kappa shape index (κ1) is 22.2. The van der Waals surface area contributed by atoms with Crippen molar-refractivity contribution in [2.75, 3.05) is 16.8 Å². The van der Waals surface area contributed by atoms with E-state index in [0.717, 1.165) is 17.8 Å². The monoisotopic (exact) mass is 419 g/mol. The molecular weight excluding hydrogens is 390 g/mol. The molecule has 3 rings (SSSR count). The summed E-state index contributed by atoms with van der Waals surface area (Å²) in [6.45, 7) is 7.32. The van der Waals surface area contributed by atoms with Crippen molar-refractivity contribution in [2.24, 2.45) is 0 Å². The quantitative estimate of drug-likeness (QED) is 0.536. The van der Waals surface area contributed by atoms with Crippen molar-refractivity contribution in [3.63, 3.8) is 0 Å². The van der Waals surface area contributed by atoms with Crippen LogP contribution in [0.1, 0.15) is 36.9 Å². The van der Waals surface area contributed by atoms with Gasteiger partial charge in [0, 0.05) is 30.4 Å². The molecule has 2 amide bonds. The van der Waals surface area contributed by atoms with Gasteiger partial charge in [0.2, 0.25) is 5.91 Å². The van der Waals surface area contributed by atoms with E-state index < -0.39 is 11.9 Å². The van der Waals surface area contributed by atoms with Gasteiger partial charge in [-0.05, 0) is 62.7 Å². The van der Waals surface area contributed by atoms with E-state index in [2.05, 4.69) is 36.3 Å². The van der Waals surface area contributed by atoms with Crippen LogP contribution in [-0.4, -0.2) is 30.4 Å². The number of benzene rings is 2. The van der Waals surface area contributed by atoms with Gasteiger partial charge in [0.1, 0.15) is 6.04 Å². The number of nitrogens with one attached hydrogen (secondary N) is 2. The number of hydrogen-bond acceptors (Lipinski definition) is 4. The molecule has 1 heterocycles. The Morgan fingerprint density at radius 2 is 1.68 bits per heavy atom. The fraction of sp³-hybridized carbons (Fsp3) is 0.280. The first-order valence-corrected chi connectivity index (χ1v) is 10.5. The van der Waals surface area contributed by atoms with Gasteiger partial charge in [-0.3, -0.25) is 9.59 Å². The largest absolute Gasteiger partial charge is 0.459 e. The van der Waals surface area contributed by atoms with Crippen molar-refractivity contribution < 1.29 is 14.0 Å². The zero-order chi connectivity index (χ0) is 22.2. The molecule has 6 heteroatoms. The summed E-state index contributed by atoms with van der Waals surface area (Å²) in [5, 5.41) is 5.71. The lowest BCUT2D eigenvalue weighted by molar-refractivity contribution is -0.118. The van der Waals surface area contributed by atoms with Crippen LogP contribution >= 0.6 is 0 Å². The Balaban J connectivity index is 1.73. The molecule has 0 radical (unpaired) electrons. The SMILES string of the molecule is CCN(c1ccc(NC(=O)C(Cc2ccccc2)NC(=O)c2ccco2)cc1)C(C)C. The summed E-state index contributed by atoms with van der Waals surface area (Å²) in [5.41, 5.74) is 2.73. The Hall–Kier alpha value is -3.54. The molecule has 162 valence electrons. The Kier molecular flexibility index (Phi) is 7.49. The second kappa shape index (κ2) is 10.5. The maximum absolute atomic E-state index is 13.0. The molecule has 1 aromatic heterocycles. The number of amides is 2. The summed E-state index contributed by atoms with van der Waals surface area (Å²) < 4.78 is 5.16. The molecule has 6 nitrogen and oxygen atoms in total. The molecule has 0 aliphatic rings. The predicted molar refractivity (Wildman–Crippen MR) is 123 cm³/mol. The zero-order valence-electron chi connectivity index (χ0n) is 18.2. The Morgan fingerprint density at radius 3 is 2.26 bits per heavy atom. The number of carbonyl (C=O) groups excluding carboxylic acids is 2. The third-order valence-electron chi connectivity index (χ3n) is 5.08. The highest BCUT2D eigenvalue weighted by atomic mass is 16.3. The molecule has 1 unspecified atom stereocenters. The van der Waals surface area contributed by atoms with Crippen LogP contribution in [0.2, 0.25) is 0 Å². The molecule has 3 aromatic rings. The van der Waals surface area contributed by atoms with E-state index >= 15 is 0 Å². The maximum Gasteiger partial charge on any atom is 0.287 e. The molecule has 1 atom stereocenters. The third kappa shape index (κ3) is 5.98. The number of anilines is 2. The van der Waals surface area contributed by atoms with Crippen molar-refractivity contribution in [2.45, 2.75) is 39.3 Å². The lowest BCUT2D eigenvalue weighted by Gasteiger charge is -2.27. The van der Waals surface area contributed by atoms with Gasteiger partial charge in [-0.15, -0.1) is 0 Å². The van der Waals surface area contributed by atoms with E-state index in [9.17, 15) is 9.59 Å². The third-order valence-corrected chi connectivity index (χ3v) is 5.08. The molecule has 0 bridgehead atoms. The van der Waals surface area contributed by atoms with Crippen molar-refractivity contribution >= 4 is 23.2 Å². The van der Waals surface area contributed by atoms with Crippen LogP contribution in [0.25, 0.3) is 0 Å². The van der Waals surface area contributed by atoms with Crippen molar-refractivity contribution in [1.29, 1.82) is 0 Å². The number of rotatable bonds is 9. The van der Waals surface area contributed by atoms with Crippen LogP contribution in [0, 0.1) is 0 Å². The number of carbonyl (C=O) groups is 2. The first-order chi connectivity index (χ1) is 15.0. The number of furan rings is 1. The summed E-state index contributed by atoms with van der Waals surface area (Å²) in [6.07, 6.45) is 1.80. The van der Waals surface area contributed by atoms with E-state index in [1.165, 1.54) is 6.26 Å². The summed E-state index contributed by atoms with van der Waals surface area (Å²) in [4.78, 5) is 27.8. The van der Waals surface area contributed by atoms with Gasteiger partial charge in [-0.25, -0.2) is 0 Å². The van der Waals surface area contributed by atoms with Crippen LogP contribution in [0.3, 0.4) is 0 Å². The van der Waals surface area contributed by atoms with Crippen LogP contribution in [-0.2, 0) is 11.2 Å². The van der Waals surface area contributed by atoms with Gasteiger partial charge >= 0.3 is 0 Å². The second-order valence-electron chi connectivity index (χ2n) is 7.61. The standard InChI is InChI=1S/C25H29N3O3/c1-4-28(18(2)3)21-14-12-20(13-15-21)26-24(29)22(17-19-9-6-5-7-10-19)27-25(30)23-11-8-16-31-23/h5-16,18,22H,4,17H2,1-3H3,(H,26,29)(H,27,30). The van der Waals surface area contributed by atoms with Crippen molar-refractivity contribution in [3.8, 4) is 0 Å². The number of nitrogens with zero attached hydrogens (tertiary/aromatic N) is 1. The molecule has 31 heavy (non-hydrogen) atoms. The maximum atomic E-state index is 13.0. The Bertz CT molecular complexity index is 967. The first-order valence-electron chi connectivity index (χ1n) is 10.5. The fourth-order valence-electron chi connectivity index (χ4n) is 3.51. The molecule has 2 N–H and O–H groups in total. The highest BCUT2D eigenvalue weighted by Crippen LogP contribution is 2.20. The summed E-state index contributed by atoms with van der Waals surface area (Å²) >= 11 is 0. The normalized spacial score (nSPS) is 11.7. The van der Waals surface area contributed by atoms with Crippen molar-refractivity contribution in [3.05, 3.63) is 84.3 Å². The topological polar surface area (TPSA) is 74.6 Å². The lowest BCUT2D eigenvalue weighted by atomic mass is 10.0. The van der Waals surface area contributed by atoms with Crippen molar-refractivity contribution in [1.82, 2.24) is 5.32 Å². The Morgan fingerprint density at radius 1 is 0.968 bits per heavy atom.